The van der Waals surface area contributed by atoms with Gasteiger partial charge in [0.25, 0.3) is 0 Å². The second-order valence-corrected chi connectivity index (χ2v) is 7.23. The number of ether oxygens (including phenoxy) is 2. The average molecular weight is 381 g/mol. The van der Waals surface area contributed by atoms with Gasteiger partial charge in [-0.05, 0) is 49.4 Å². The van der Waals surface area contributed by atoms with Gasteiger partial charge in [-0.15, -0.1) is 11.3 Å². The van der Waals surface area contributed by atoms with Crippen LogP contribution >= 0.6 is 22.9 Å². The molecule has 25 heavy (non-hydrogen) atoms. The van der Waals surface area contributed by atoms with Gasteiger partial charge < -0.3 is 14.4 Å². The molecule has 1 amide bonds. The van der Waals surface area contributed by atoms with Crippen LogP contribution in [0.4, 0.5) is 4.79 Å². The van der Waals surface area contributed by atoms with Crippen LogP contribution in [0, 0.1) is 5.92 Å². The predicted molar refractivity (Wildman–Crippen MR) is 98.2 cm³/mol. The van der Waals surface area contributed by atoms with Gasteiger partial charge in [0.2, 0.25) is 0 Å². The van der Waals surface area contributed by atoms with Crippen molar-refractivity contribution < 1.29 is 14.3 Å². The fraction of sp³-hybridized carbons (Fsp3) is 0.444. The van der Waals surface area contributed by atoms with Gasteiger partial charge in [0.05, 0.1) is 17.8 Å². The van der Waals surface area contributed by atoms with E-state index in [1.54, 1.807) is 10.4 Å². The summed E-state index contributed by atoms with van der Waals surface area (Å²) in [7, 11) is 0. The molecule has 1 aromatic heterocycles. The molecule has 0 aliphatic carbocycles. The fourth-order valence-corrected chi connectivity index (χ4v) is 3.55. The zero-order valence-corrected chi connectivity index (χ0v) is 15.5. The highest BCUT2D eigenvalue weighted by atomic mass is 35.5. The number of amides is 1. The second kappa shape index (κ2) is 9.06. The zero-order valence-electron chi connectivity index (χ0n) is 13.9. The third kappa shape index (κ3) is 5.61. The number of nitrogens with zero attached hydrogens (tertiary/aromatic N) is 2. The highest BCUT2D eigenvalue weighted by molar-refractivity contribution is 7.07. The summed E-state index contributed by atoms with van der Waals surface area (Å²) in [5.41, 5.74) is 2.53. The first-order valence-corrected chi connectivity index (χ1v) is 9.70. The Morgan fingerprint density at radius 1 is 1.36 bits per heavy atom. The Morgan fingerprint density at radius 3 is 2.96 bits per heavy atom. The van der Waals surface area contributed by atoms with Crippen molar-refractivity contribution in [1.29, 1.82) is 0 Å². The molecular weight excluding hydrogens is 360 g/mol. The average Bonchev–Trinajstić information content (AvgIpc) is 3.15. The van der Waals surface area contributed by atoms with Gasteiger partial charge in [-0.2, -0.15) is 0 Å². The van der Waals surface area contributed by atoms with Crippen molar-refractivity contribution in [2.45, 2.75) is 25.9 Å². The molecule has 7 heteroatoms. The van der Waals surface area contributed by atoms with Crippen LogP contribution in [-0.2, 0) is 11.3 Å². The summed E-state index contributed by atoms with van der Waals surface area (Å²) in [5.74, 6) is 1.26. The van der Waals surface area contributed by atoms with E-state index in [4.69, 9.17) is 21.1 Å². The van der Waals surface area contributed by atoms with E-state index in [1.165, 1.54) is 11.3 Å². The van der Waals surface area contributed by atoms with Gasteiger partial charge in [-0.1, -0.05) is 11.6 Å². The van der Waals surface area contributed by atoms with E-state index in [1.807, 2.05) is 29.6 Å². The molecule has 2 aromatic rings. The van der Waals surface area contributed by atoms with E-state index in [9.17, 15) is 4.79 Å². The lowest BCUT2D eigenvalue weighted by atomic mass is 9.95. The Balaban J connectivity index is 1.39. The van der Waals surface area contributed by atoms with Gasteiger partial charge in [-0.25, -0.2) is 9.78 Å². The molecule has 5 nitrogen and oxygen atoms in total. The van der Waals surface area contributed by atoms with Crippen molar-refractivity contribution in [3.8, 4) is 5.75 Å². The first kappa shape index (κ1) is 18.0. The number of benzene rings is 1. The van der Waals surface area contributed by atoms with Crippen molar-refractivity contribution in [3.05, 3.63) is 45.9 Å². The SMILES string of the molecule is O=C(OCc1cscn1)N1CCCC(CCOc2ccc(Cl)cc2)C1. The number of hydrogen-bond acceptors (Lipinski definition) is 5. The number of aromatic nitrogens is 1. The number of hydrogen-bond donors (Lipinski definition) is 0. The van der Waals surface area contributed by atoms with Crippen molar-refractivity contribution in [2.75, 3.05) is 19.7 Å². The number of thiazole rings is 1. The molecule has 0 bridgehead atoms. The fourth-order valence-electron chi connectivity index (χ4n) is 2.88. The topological polar surface area (TPSA) is 51.7 Å². The van der Waals surface area contributed by atoms with E-state index < -0.39 is 0 Å². The summed E-state index contributed by atoms with van der Waals surface area (Å²) in [6, 6.07) is 7.37. The summed E-state index contributed by atoms with van der Waals surface area (Å²) >= 11 is 7.36. The molecule has 1 aromatic carbocycles. The molecule has 1 saturated heterocycles. The van der Waals surface area contributed by atoms with Crippen LogP contribution < -0.4 is 4.74 Å². The molecule has 3 rings (SSSR count). The molecule has 1 aliphatic heterocycles. The van der Waals surface area contributed by atoms with E-state index in [-0.39, 0.29) is 12.7 Å². The third-order valence-electron chi connectivity index (χ3n) is 4.21. The molecule has 0 N–H and O–H groups in total. The van der Waals surface area contributed by atoms with E-state index in [2.05, 4.69) is 4.98 Å². The highest BCUT2D eigenvalue weighted by Gasteiger charge is 2.24. The van der Waals surface area contributed by atoms with Crippen LogP contribution in [-0.4, -0.2) is 35.7 Å². The number of likely N-dealkylation sites (tertiary alicyclic amines) is 1. The third-order valence-corrected chi connectivity index (χ3v) is 5.10. The minimum Gasteiger partial charge on any atom is -0.494 e. The molecule has 1 aliphatic rings. The summed E-state index contributed by atoms with van der Waals surface area (Å²) in [5, 5.41) is 2.59. The maximum Gasteiger partial charge on any atom is 0.410 e. The van der Waals surface area contributed by atoms with Crippen molar-refractivity contribution in [2.24, 2.45) is 5.92 Å². The minimum absolute atomic E-state index is 0.239. The lowest BCUT2D eigenvalue weighted by Crippen LogP contribution is -2.40. The van der Waals surface area contributed by atoms with Crippen LogP contribution in [0.15, 0.2) is 35.2 Å². The summed E-state index contributed by atoms with van der Waals surface area (Å²) in [6.45, 7) is 2.35. The summed E-state index contributed by atoms with van der Waals surface area (Å²) in [4.78, 5) is 18.1. The van der Waals surface area contributed by atoms with Gasteiger partial charge in [0.1, 0.15) is 12.4 Å². The second-order valence-electron chi connectivity index (χ2n) is 6.08. The van der Waals surface area contributed by atoms with E-state index >= 15 is 0 Å². The van der Waals surface area contributed by atoms with E-state index in [0.717, 1.165) is 43.8 Å². The number of halogens is 1. The van der Waals surface area contributed by atoms with E-state index in [0.29, 0.717) is 17.5 Å². The molecule has 0 radical (unpaired) electrons. The zero-order chi connectivity index (χ0) is 17.5. The number of rotatable bonds is 6. The molecule has 2 heterocycles. The van der Waals surface area contributed by atoms with Gasteiger partial charge >= 0.3 is 6.09 Å². The molecule has 134 valence electrons. The Hall–Kier alpha value is -1.79. The normalized spacial score (nSPS) is 17.3. The number of piperidine rings is 1. The maximum atomic E-state index is 12.2. The predicted octanol–water partition coefficient (Wildman–Crippen LogP) is 4.61. The first-order chi connectivity index (χ1) is 12.2. The Bertz CT molecular complexity index is 663. The van der Waals surface area contributed by atoms with Gasteiger partial charge in [0, 0.05) is 23.5 Å². The van der Waals surface area contributed by atoms with Crippen molar-refractivity contribution >= 4 is 29.0 Å². The van der Waals surface area contributed by atoms with Crippen LogP contribution in [0.5, 0.6) is 5.75 Å². The Morgan fingerprint density at radius 2 is 2.20 bits per heavy atom. The van der Waals surface area contributed by atoms with Gasteiger partial charge in [-0.3, -0.25) is 0 Å². The monoisotopic (exact) mass is 380 g/mol. The molecular formula is C18H21ClN2O3S. The molecule has 1 unspecified atom stereocenters. The Labute approximate surface area is 156 Å². The van der Waals surface area contributed by atoms with Crippen molar-refractivity contribution in [3.63, 3.8) is 0 Å². The van der Waals surface area contributed by atoms with Crippen LogP contribution in [0.25, 0.3) is 0 Å². The molecule has 0 spiro atoms. The van der Waals surface area contributed by atoms with Crippen LogP contribution in [0.2, 0.25) is 5.02 Å². The largest absolute Gasteiger partial charge is 0.494 e. The number of carbonyl (C=O) groups is 1. The first-order valence-electron chi connectivity index (χ1n) is 8.38. The van der Waals surface area contributed by atoms with Crippen LogP contribution in [0.3, 0.4) is 0 Å². The molecule has 0 saturated carbocycles. The standard InChI is InChI=1S/C18H21ClN2O3S/c19-15-3-5-17(6-4-15)23-9-7-14-2-1-8-21(10-14)18(22)24-11-16-12-25-13-20-16/h3-6,12-14H,1-2,7-11H2. The lowest BCUT2D eigenvalue weighted by molar-refractivity contribution is 0.0750. The molecule has 1 fully saturated rings. The number of carbonyl (C=O) groups excluding carboxylic acids is 1. The smallest absolute Gasteiger partial charge is 0.410 e. The van der Waals surface area contributed by atoms with Crippen molar-refractivity contribution in [1.82, 2.24) is 9.88 Å². The highest BCUT2D eigenvalue weighted by Crippen LogP contribution is 2.22. The van der Waals surface area contributed by atoms with Crippen LogP contribution in [0.1, 0.15) is 25.0 Å². The summed E-state index contributed by atoms with van der Waals surface area (Å²) in [6.07, 6.45) is 2.77. The lowest BCUT2D eigenvalue weighted by Gasteiger charge is -2.32. The molecule has 1 atom stereocenters. The maximum absolute atomic E-state index is 12.2. The minimum atomic E-state index is -0.253. The quantitative estimate of drug-likeness (QED) is 0.734. The van der Waals surface area contributed by atoms with Gasteiger partial charge in [0.15, 0.2) is 0 Å². The summed E-state index contributed by atoms with van der Waals surface area (Å²) < 4.78 is 11.1. The Kier molecular flexibility index (Phi) is 6.53.